The van der Waals surface area contributed by atoms with Crippen LogP contribution < -0.4 is 0 Å². The van der Waals surface area contributed by atoms with Crippen molar-refractivity contribution in [3.8, 4) is 11.5 Å². The Hall–Kier alpha value is -0.270. The van der Waals surface area contributed by atoms with E-state index in [2.05, 4.69) is 6.92 Å². The molecule has 0 spiro atoms. The molecule has 0 saturated carbocycles. The number of phenolic OH excluding ortho intramolecular Hbond substituents is 2. The second-order valence-electron chi connectivity index (χ2n) is 8.48. The van der Waals surface area contributed by atoms with E-state index >= 15 is 0 Å². The van der Waals surface area contributed by atoms with Crippen LogP contribution in [0.3, 0.4) is 0 Å². The number of aromatic hydroxyl groups is 2. The van der Waals surface area contributed by atoms with E-state index in [1.165, 1.54) is 89.5 Å². The van der Waals surface area contributed by atoms with Gasteiger partial charge in [-0.15, -0.1) is 0 Å². The summed E-state index contributed by atoms with van der Waals surface area (Å²) < 4.78 is 31.2. The molecule has 0 aromatic heterocycles. The average molecular weight is 467 g/mol. The van der Waals surface area contributed by atoms with Gasteiger partial charge in [0.25, 0.3) is 10.1 Å². The van der Waals surface area contributed by atoms with E-state index in [0.717, 1.165) is 25.3 Å². The summed E-state index contributed by atoms with van der Waals surface area (Å²) in [7, 11) is -4.53. The number of aryl methyl sites for hydroxylation is 1. The van der Waals surface area contributed by atoms with Crippen molar-refractivity contribution in [3.63, 3.8) is 0 Å². The van der Waals surface area contributed by atoms with Crippen molar-refractivity contribution in [2.24, 2.45) is 0 Å². The Bertz CT molecular complexity index is 691. The Morgan fingerprint density at radius 3 is 1.42 bits per heavy atom. The molecule has 0 aliphatic carbocycles. The van der Waals surface area contributed by atoms with Gasteiger partial charge in [0.1, 0.15) is 16.4 Å². The first-order valence-electron chi connectivity index (χ1n) is 11.9. The van der Waals surface area contributed by atoms with Gasteiger partial charge in [0, 0.05) is 6.07 Å². The van der Waals surface area contributed by atoms with E-state index in [-0.39, 0.29) is 35.3 Å². The molecule has 176 valence electrons. The van der Waals surface area contributed by atoms with Crippen LogP contribution in [0, 0.1) is 0 Å². The normalized spacial score (nSPS) is 11.4. The van der Waals surface area contributed by atoms with Gasteiger partial charge in [-0.25, -0.2) is 0 Å². The summed E-state index contributed by atoms with van der Waals surface area (Å²) in [4.78, 5) is -0.657. The molecule has 0 amide bonds. The van der Waals surface area contributed by atoms with Crippen molar-refractivity contribution < 1.29 is 23.2 Å². The maximum atomic E-state index is 11.1. The topological polar surface area (TPSA) is 94.8 Å². The number of hydrogen-bond donors (Lipinski definition) is 3. The van der Waals surface area contributed by atoms with E-state index in [4.69, 9.17) is 4.55 Å². The molecular weight excluding hydrogens is 423 g/mol. The van der Waals surface area contributed by atoms with E-state index < -0.39 is 20.8 Å². The molecule has 1 rings (SSSR count). The molecule has 0 aliphatic heterocycles. The Morgan fingerprint density at radius 1 is 0.645 bits per heavy atom. The number of phenols is 2. The first kappa shape index (κ1) is 30.7. The Balaban J connectivity index is 0.00000900. The standard InChI is InChI=1S/C24H42O5S.Na.H/c1-2-3-4-5-6-7-8-9-10-11-12-13-14-15-16-17-18-21-19-23(26)24(20-22(21)25)30(27,28)29;;/h19-20,25-26H,2-18H2,1H3,(H,27,28,29);;. The van der Waals surface area contributed by atoms with Gasteiger partial charge >= 0.3 is 29.6 Å². The minimum absolute atomic E-state index is 0. The minimum atomic E-state index is -4.53. The maximum absolute atomic E-state index is 11.1. The van der Waals surface area contributed by atoms with Crippen LogP contribution in [0.25, 0.3) is 0 Å². The van der Waals surface area contributed by atoms with Crippen LogP contribution in [0.2, 0.25) is 0 Å². The van der Waals surface area contributed by atoms with Crippen LogP contribution in [0.4, 0.5) is 0 Å². The van der Waals surface area contributed by atoms with Crippen LogP contribution in [-0.2, 0) is 16.5 Å². The Kier molecular flexibility index (Phi) is 18.0. The van der Waals surface area contributed by atoms with Crippen molar-refractivity contribution in [3.05, 3.63) is 17.7 Å². The molecule has 0 atom stereocenters. The fourth-order valence-electron chi connectivity index (χ4n) is 3.87. The first-order chi connectivity index (χ1) is 14.4. The summed E-state index contributed by atoms with van der Waals surface area (Å²) >= 11 is 0. The van der Waals surface area contributed by atoms with Gasteiger partial charge in [0.05, 0.1) is 0 Å². The van der Waals surface area contributed by atoms with Crippen LogP contribution >= 0.6 is 0 Å². The predicted molar refractivity (Wildman–Crippen MR) is 130 cm³/mol. The van der Waals surface area contributed by atoms with Crippen molar-refractivity contribution in [1.82, 2.24) is 0 Å². The summed E-state index contributed by atoms with van der Waals surface area (Å²) in [6.07, 6.45) is 21.2. The SMILES string of the molecule is CCCCCCCCCCCCCCCCCCc1cc(O)c(S(=O)(=O)O)cc1O.[NaH]. The van der Waals surface area contributed by atoms with E-state index in [0.29, 0.717) is 12.0 Å². The van der Waals surface area contributed by atoms with Gasteiger partial charge in [-0.1, -0.05) is 103 Å². The number of benzene rings is 1. The zero-order chi connectivity index (χ0) is 22.2. The van der Waals surface area contributed by atoms with Gasteiger partial charge in [-0.3, -0.25) is 4.55 Å². The summed E-state index contributed by atoms with van der Waals surface area (Å²) in [6, 6.07) is 2.14. The summed E-state index contributed by atoms with van der Waals surface area (Å²) in [5.41, 5.74) is 0.505. The summed E-state index contributed by atoms with van der Waals surface area (Å²) in [6.45, 7) is 2.26. The molecule has 0 aliphatic rings. The third kappa shape index (κ3) is 14.5. The molecule has 3 N–H and O–H groups in total. The second kappa shape index (κ2) is 18.2. The predicted octanol–water partition coefficient (Wildman–Crippen LogP) is 6.50. The van der Waals surface area contributed by atoms with Crippen LogP contribution in [-0.4, -0.2) is 52.7 Å². The monoisotopic (exact) mass is 466 g/mol. The first-order valence-corrected chi connectivity index (χ1v) is 13.3. The zero-order valence-electron chi connectivity index (χ0n) is 18.7. The molecule has 0 saturated heterocycles. The molecule has 0 fully saturated rings. The molecule has 1 aromatic rings. The van der Waals surface area contributed by atoms with Crippen molar-refractivity contribution in [2.75, 3.05) is 0 Å². The van der Waals surface area contributed by atoms with Gasteiger partial charge in [-0.2, -0.15) is 8.42 Å². The third-order valence-corrected chi connectivity index (χ3v) is 6.62. The van der Waals surface area contributed by atoms with Gasteiger partial charge < -0.3 is 10.2 Å². The molecule has 31 heavy (non-hydrogen) atoms. The Morgan fingerprint density at radius 2 is 1.03 bits per heavy atom. The molecule has 1 aromatic carbocycles. The molecule has 0 bridgehead atoms. The molecule has 5 nitrogen and oxygen atoms in total. The van der Waals surface area contributed by atoms with Gasteiger partial charge in [-0.05, 0) is 24.5 Å². The molecule has 0 heterocycles. The zero-order valence-corrected chi connectivity index (χ0v) is 19.6. The number of unbranched alkanes of at least 4 members (excludes halogenated alkanes) is 15. The molecule has 0 radical (unpaired) electrons. The average Bonchev–Trinajstić information content (AvgIpc) is 2.69. The molecular formula is C24H43NaO5S. The fraction of sp³-hybridized carbons (Fsp3) is 0.750. The van der Waals surface area contributed by atoms with Crippen molar-refractivity contribution in [1.29, 1.82) is 0 Å². The fourth-order valence-corrected chi connectivity index (χ4v) is 4.46. The molecule has 7 heteroatoms. The van der Waals surface area contributed by atoms with Crippen LogP contribution in [0.5, 0.6) is 11.5 Å². The third-order valence-electron chi connectivity index (χ3n) is 5.74. The summed E-state index contributed by atoms with van der Waals surface area (Å²) in [5.74, 6) is -0.733. The van der Waals surface area contributed by atoms with E-state index in [9.17, 15) is 18.6 Å². The van der Waals surface area contributed by atoms with Crippen LogP contribution in [0.15, 0.2) is 17.0 Å². The second-order valence-corrected chi connectivity index (χ2v) is 9.87. The van der Waals surface area contributed by atoms with Crippen molar-refractivity contribution in [2.45, 2.75) is 121 Å². The van der Waals surface area contributed by atoms with E-state index in [1.807, 2.05) is 0 Å². The van der Waals surface area contributed by atoms with Crippen LogP contribution in [0.1, 0.15) is 115 Å². The number of hydrogen-bond acceptors (Lipinski definition) is 4. The quantitative estimate of drug-likeness (QED) is 0.0993. The van der Waals surface area contributed by atoms with Crippen molar-refractivity contribution >= 4 is 39.7 Å². The van der Waals surface area contributed by atoms with Gasteiger partial charge in [0.2, 0.25) is 0 Å². The number of rotatable bonds is 18. The van der Waals surface area contributed by atoms with E-state index in [1.54, 1.807) is 0 Å². The molecule has 0 unspecified atom stereocenters. The van der Waals surface area contributed by atoms with Gasteiger partial charge in [0.15, 0.2) is 0 Å². The summed E-state index contributed by atoms with van der Waals surface area (Å²) in [5, 5.41) is 19.7. The Labute approximate surface area is 212 Å².